The van der Waals surface area contributed by atoms with E-state index in [1.165, 1.54) is 13.1 Å². The number of piperazine rings is 1. The fraction of sp³-hybridized carbons (Fsp3) is 0.750. The summed E-state index contributed by atoms with van der Waals surface area (Å²) in [7, 11) is 0. The molecule has 0 atom stereocenters. The summed E-state index contributed by atoms with van der Waals surface area (Å²) in [5.74, 6) is 0.606. The predicted octanol–water partition coefficient (Wildman–Crippen LogP) is 0.491. The summed E-state index contributed by atoms with van der Waals surface area (Å²) in [4.78, 5) is 5.03. The molecule has 2 heterocycles. The summed E-state index contributed by atoms with van der Waals surface area (Å²) in [6.07, 6.45) is 1.94. The van der Waals surface area contributed by atoms with Crippen LogP contribution in [-0.4, -0.2) is 58.3 Å². The van der Waals surface area contributed by atoms with Gasteiger partial charge in [-0.3, -0.25) is 14.5 Å². The molecule has 0 unspecified atom stereocenters. The Labute approximate surface area is 103 Å². The molecule has 1 aromatic heterocycles. The minimum atomic E-state index is 0.606. The summed E-state index contributed by atoms with van der Waals surface area (Å²) >= 11 is 0. The third-order valence-corrected chi connectivity index (χ3v) is 3.44. The average Bonchev–Trinajstić information content (AvgIpc) is 2.73. The van der Waals surface area contributed by atoms with Crippen molar-refractivity contribution in [1.82, 2.24) is 19.6 Å². The van der Waals surface area contributed by atoms with Gasteiger partial charge in [0.05, 0.1) is 6.54 Å². The molecule has 1 aliphatic rings. The fourth-order valence-electron chi connectivity index (χ4n) is 2.25. The molecule has 96 valence electrons. The number of hydrogen-bond acceptors (Lipinski definition) is 4. The van der Waals surface area contributed by atoms with Gasteiger partial charge in [-0.15, -0.1) is 0 Å². The van der Waals surface area contributed by atoms with Gasteiger partial charge in [0.2, 0.25) is 0 Å². The highest BCUT2D eigenvalue weighted by Crippen LogP contribution is 2.06. The van der Waals surface area contributed by atoms with Gasteiger partial charge in [0.25, 0.3) is 0 Å². The Balaban J connectivity index is 1.71. The lowest BCUT2D eigenvalue weighted by Gasteiger charge is -2.36. The van der Waals surface area contributed by atoms with Crippen LogP contribution >= 0.6 is 0 Å². The molecule has 1 aliphatic heterocycles. The Morgan fingerprint density at radius 2 is 1.94 bits per heavy atom. The molecule has 0 aliphatic carbocycles. The van der Waals surface area contributed by atoms with E-state index in [9.17, 15) is 0 Å². The Morgan fingerprint density at radius 1 is 1.24 bits per heavy atom. The highest BCUT2D eigenvalue weighted by Gasteiger charge is 2.18. The molecular weight excluding hydrogens is 214 g/mol. The topological polar surface area (TPSA) is 50.3 Å². The van der Waals surface area contributed by atoms with Crippen LogP contribution in [0, 0.1) is 0 Å². The number of nitrogens with zero attached hydrogens (tertiary/aromatic N) is 4. The van der Waals surface area contributed by atoms with Gasteiger partial charge < -0.3 is 5.73 Å². The first-order valence-corrected chi connectivity index (χ1v) is 6.40. The van der Waals surface area contributed by atoms with Crippen molar-refractivity contribution < 1.29 is 0 Å². The molecular formula is C12H23N5. The second-order valence-electron chi connectivity index (χ2n) is 4.98. The Kier molecular flexibility index (Phi) is 4.02. The van der Waals surface area contributed by atoms with Crippen LogP contribution in [0.1, 0.15) is 13.8 Å². The van der Waals surface area contributed by atoms with E-state index >= 15 is 0 Å². The highest BCUT2D eigenvalue weighted by atomic mass is 15.3. The average molecular weight is 237 g/mol. The zero-order valence-electron chi connectivity index (χ0n) is 10.8. The molecule has 2 rings (SSSR count). The number of hydrogen-bond donors (Lipinski definition) is 1. The largest absolute Gasteiger partial charge is 0.382 e. The van der Waals surface area contributed by atoms with Crippen LogP contribution in [-0.2, 0) is 6.54 Å². The maximum Gasteiger partial charge on any atom is 0.145 e. The Morgan fingerprint density at radius 3 is 2.47 bits per heavy atom. The molecule has 5 nitrogen and oxygen atoms in total. The summed E-state index contributed by atoms with van der Waals surface area (Å²) < 4.78 is 1.92. The smallest absolute Gasteiger partial charge is 0.145 e. The first kappa shape index (κ1) is 12.4. The van der Waals surface area contributed by atoms with Crippen LogP contribution in [0.2, 0.25) is 0 Å². The summed E-state index contributed by atoms with van der Waals surface area (Å²) in [5.41, 5.74) is 5.59. The van der Waals surface area contributed by atoms with E-state index in [1.54, 1.807) is 0 Å². The van der Waals surface area contributed by atoms with Gasteiger partial charge in [-0.1, -0.05) is 0 Å². The van der Waals surface area contributed by atoms with E-state index in [4.69, 9.17) is 5.73 Å². The second kappa shape index (κ2) is 5.51. The lowest BCUT2D eigenvalue weighted by molar-refractivity contribution is 0.105. The van der Waals surface area contributed by atoms with Crippen molar-refractivity contribution in [2.75, 3.05) is 38.5 Å². The summed E-state index contributed by atoms with van der Waals surface area (Å²) in [6, 6.07) is 2.51. The number of aromatic nitrogens is 2. The third-order valence-electron chi connectivity index (χ3n) is 3.44. The van der Waals surface area contributed by atoms with E-state index in [0.29, 0.717) is 11.9 Å². The van der Waals surface area contributed by atoms with Gasteiger partial charge in [0, 0.05) is 45.0 Å². The molecule has 1 aromatic rings. The zero-order chi connectivity index (χ0) is 12.3. The molecule has 1 fully saturated rings. The van der Waals surface area contributed by atoms with Crippen molar-refractivity contribution in [2.45, 2.75) is 26.4 Å². The van der Waals surface area contributed by atoms with Crippen molar-refractivity contribution in [2.24, 2.45) is 0 Å². The molecule has 0 amide bonds. The molecule has 0 radical (unpaired) electrons. The number of rotatable bonds is 4. The molecule has 5 heteroatoms. The molecule has 0 spiro atoms. The minimum absolute atomic E-state index is 0.606. The van der Waals surface area contributed by atoms with Crippen LogP contribution in [0.25, 0.3) is 0 Å². The maximum absolute atomic E-state index is 5.59. The van der Waals surface area contributed by atoms with Gasteiger partial charge in [0.15, 0.2) is 0 Å². The molecule has 0 saturated carbocycles. The van der Waals surface area contributed by atoms with Crippen LogP contribution < -0.4 is 5.73 Å². The minimum Gasteiger partial charge on any atom is -0.382 e. The predicted molar refractivity (Wildman–Crippen MR) is 69.8 cm³/mol. The normalized spacial score (nSPS) is 19.0. The van der Waals surface area contributed by atoms with Gasteiger partial charge in [0.1, 0.15) is 5.82 Å². The third kappa shape index (κ3) is 3.44. The van der Waals surface area contributed by atoms with E-state index in [-0.39, 0.29) is 0 Å². The fourth-order valence-corrected chi connectivity index (χ4v) is 2.25. The monoisotopic (exact) mass is 237 g/mol. The van der Waals surface area contributed by atoms with Gasteiger partial charge >= 0.3 is 0 Å². The molecule has 0 aromatic carbocycles. The number of nitrogens with two attached hydrogens (primary N) is 1. The van der Waals surface area contributed by atoms with Gasteiger partial charge in [-0.2, -0.15) is 5.10 Å². The zero-order valence-corrected chi connectivity index (χ0v) is 10.8. The van der Waals surface area contributed by atoms with Crippen molar-refractivity contribution in [3.8, 4) is 0 Å². The quantitative estimate of drug-likeness (QED) is 0.828. The van der Waals surface area contributed by atoms with E-state index in [1.807, 2.05) is 16.9 Å². The first-order valence-electron chi connectivity index (χ1n) is 6.40. The standard InChI is InChI=1S/C12H23N5/c1-11(2)16-8-5-15(6-9-16)7-10-17-4-3-12(13)14-17/h3-4,11H,5-10H2,1-2H3,(H2,13,14). The Bertz CT molecular complexity index is 338. The van der Waals surface area contributed by atoms with Gasteiger partial charge in [-0.05, 0) is 19.9 Å². The van der Waals surface area contributed by atoms with Crippen molar-refractivity contribution >= 4 is 5.82 Å². The molecule has 1 saturated heterocycles. The summed E-state index contributed by atoms with van der Waals surface area (Å²) in [6.45, 7) is 11.2. The molecule has 2 N–H and O–H groups in total. The number of anilines is 1. The second-order valence-corrected chi connectivity index (χ2v) is 4.98. The SMILES string of the molecule is CC(C)N1CCN(CCn2ccc(N)n2)CC1. The molecule has 17 heavy (non-hydrogen) atoms. The van der Waals surface area contributed by atoms with Crippen molar-refractivity contribution in [3.05, 3.63) is 12.3 Å². The van der Waals surface area contributed by atoms with Crippen molar-refractivity contribution in [1.29, 1.82) is 0 Å². The van der Waals surface area contributed by atoms with E-state index in [2.05, 4.69) is 28.7 Å². The lowest BCUT2D eigenvalue weighted by Crippen LogP contribution is -2.49. The van der Waals surface area contributed by atoms with Crippen LogP contribution in [0.3, 0.4) is 0 Å². The summed E-state index contributed by atoms with van der Waals surface area (Å²) in [5, 5.41) is 4.20. The first-order chi connectivity index (χ1) is 8.15. The maximum atomic E-state index is 5.59. The van der Waals surface area contributed by atoms with E-state index in [0.717, 1.165) is 26.2 Å². The van der Waals surface area contributed by atoms with Crippen LogP contribution in [0.15, 0.2) is 12.3 Å². The van der Waals surface area contributed by atoms with Crippen LogP contribution in [0.5, 0.6) is 0 Å². The van der Waals surface area contributed by atoms with Crippen LogP contribution in [0.4, 0.5) is 5.82 Å². The van der Waals surface area contributed by atoms with Crippen molar-refractivity contribution in [3.63, 3.8) is 0 Å². The van der Waals surface area contributed by atoms with Gasteiger partial charge in [-0.25, -0.2) is 0 Å². The highest BCUT2D eigenvalue weighted by molar-refractivity contribution is 5.23. The van der Waals surface area contributed by atoms with E-state index < -0.39 is 0 Å². The molecule has 0 bridgehead atoms. The lowest BCUT2D eigenvalue weighted by atomic mass is 10.2. The Hall–Kier alpha value is -1.07. The number of nitrogen functional groups attached to an aromatic ring is 1.